The van der Waals surface area contributed by atoms with E-state index in [1.165, 1.54) is 6.07 Å². The maximum atomic E-state index is 13.7. The molecule has 2 aromatic carbocycles. The number of rotatable bonds is 6. The van der Waals surface area contributed by atoms with Crippen molar-refractivity contribution >= 4 is 11.6 Å². The van der Waals surface area contributed by atoms with E-state index in [1.807, 2.05) is 25.2 Å². The molecule has 21 heavy (non-hydrogen) atoms. The first kappa shape index (κ1) is 15.6. The van der Waals surface area contributed by atoms with Crippen LogP contribution in [0.5, 0.6) is 11.5 Å². The summed E-state index contributed by atoms with van der Waals surface area (Å²) in [4.78, 5) is 0. The number of benzene rings is 2. The summed E-state index contributed by atoms with van der Waals surface area (Å²) in [6.45, 7) is 0.914. The lowest BCUT2D eigenvalue weighted by molar-refractivity contribution is -0.643. The average Bonchev–Trinajstić information content (AvgIpc) is 2.48. The van der Waals surface area contributed by atoms with Crippen LogP contribution in [0.4, 0.5) is 4.39 Å². The molecule has 0 aliphatic carbocycles. The van der Waals surface area contributed by atoms with E-state index in [4.69, 9.17) is 21.1 Å². The van der Waals surface area contributed by atoms with Gasteiger partial charge < -0.3 is 14.8 Å². The molecule has 0 spiro atoms. The molecule has 0 aliphatic heterocycles. The average molecular weight is 311 g/mol. The number of halogens is 2. The van der Waals surface area contributed by atoms with Crippen molar-refractivity contribution in [3.8, 4) is 11.5 Å². The second kappa shape index (κ2) is 7.29. The lowest BCUT2D eigenvalue weighted by atomic mass is 10.2. The molecule has 0 aromatic heterocycles. The zero-order chi connectivity index (χ0) is 15.2. The van der Waals surface area contributed by atoms with Crippen LogP contribution >= 0.6 is 11.6 Å². The maximum Gasteiger partial charge on any atom is 0.161 e. The van der Waals surface area contributed by atoms with Crippen molar-refractivity contribution < 1.29 is 19.2 Å². The lowest BCUT2D eigenvalue weighted by Gasteiger charge is -2.13. The van der Waals surface area contributed by atoms with Gasteiger partial charge in [-0.2, -0.15) is 0 Å². The van der Waals surface area contributed by atoms with Crippen molar-refractivity contribution in [1.82, 2.24) is 0 Å². The first-order valence-electron chi connectivity index (χ1n) is 6.66. The van der Waals surface area contributed by atoms with Gasteiger partial charge >= 0.3 is 0 Å². The first-order valence-corrected chi connectivity index (χ1v) is 7.04. The van der Waals surface area contributed by atoms with Crippen LogP contribution in [-0.4, -0.2) is 14.2 Å². The Labute approximate surface area is 128 Å². The highest BCUT2D eigenvalue weighted by Crippen LogP contribution is 2.29. The molecule has 0 atom stereocenters. The van der Waals surface area contributed by atoms with Gasteiger partial charge in [-0.1, -0.05) is 17.7 Å². The van der Waals surface area contributed by atoms with Gasteiger partial charge in [0, 0.05) is 11.1 Å². The summed E-state index contributed by atoms with van der Waals surface area (Å²) < 4.78 is 24.7. The van der Waals surface area contributed by atoms with Crippen LogP contribution in [0.15, 0.2) is 36.4 Å². The molecule has 0 unspecified atom stereocenters. The zero-order valence-electron chi connectivity index (χ0n) is 12.0. The van der Waals surface area contributed by atoms with Gasteiger partial charge in [-0.25, -0.2) is 4.39 Å². The number of methoxy groups -OCH3 is 1. The fourth-order valence-corrected chi connectivity index (χ4v) is 2.23. The van der Waals surface area contributed by atoms with E-state index in [0.717, 1.165) is 12.1 Å². The van der Waals surface area contributed by atoms with Gasteiger partial charge in [0.15, 0.2) is 11.5 Å². The van der Waals surface area contributed by atoms with E-state index in [-0.39, 0.29) is 12.4 Å². The van der Waals surface area contributed by atoms with Gasteiger partial charge in [0.25, 0.3) is 0 Å². The van der Waals surface area contributed by atoms with Crippen molar-refractivity contribution in [3.63, 3.8) is 0 Å². The van der Waals surface area contributed by atoms with Gasteiger partial charge in [0.2, 0.25) is 0 Å². The second-order valence-corrected chi connectivity index (χ2v) is 4.99. The van der Waals surface area contributed by atoms with Crippen LogP contribution in [0.3, 0.4) is 0 Å². The molecule has 0 bridgehead atoms. The second-order valence-electron chi connectivity index (χ2n) is 4.59. The summed E-state index contributed by atoms with van der Waals surface area (Å²) in [5, 5.41) is 2.42. The summed E-state index contributed by atoms with van der Waals surface area (Å²) in [7, 11) is 3.58. The summed E-state index contributed by atoms with van der Waals surface area (Å²) >= 11 is 5.98. The van der Waals surface area contributed by atoms with Gasteiger partial charge in [-0.05, 0) is 30.3 Å². The van der Waals surface area contributed by atoms with Crippen molar-refractivity contribution in [2.75, 3.05) is 14.2 Å². The molecular weight excluding hydrogens is 293 g/mol. The SMILES string of the molecule is C[NH2+]Cc1ccc(OCc2c(F)cccc2Cl)c(OC)c1. The fraction of sp³-hybridized carbons (Fsp3) is 0.250. The first-order chi connectivity index (χ1) is 10.2. The third kappa shape index (κ3) is 3.86. The monoisotopic (exact) mass is 310 g/mol. The van der Waals surface area contributed by atoms with Crippen molar-refractivity contribution in [2.24, 2.45) is 0 Å². The minimum atomic E-state index is -0.376. The minimum absolute atomic E-state index is 0.0567. The van der Waals surface area contributed by atoms with E-state index in [9.17, 15) is 4.39 Å². The Morgan fingerprint density at radius 1 is 1.19 bits per heavy atom. The molecule has 0 amide bonds. The molecule has 2 rings (SSSR count). The van der Waals surface area contributed by atoms with Gasteiger partial charge in [0.1, 0.15) is 19.0 Å². The maximum absolute atomic E-state index is 13.7. The van der Waals surface area contributed by atoms with Crippen LogP contribution in [0.1, 0.15) is 11.1 Å². The Morgan fingerprint density at radius 2 is 2.00 bits per heavy atom. The Kier molecular flexibility index (Phi) is 5.42. The van der Waals surface area contributed by atoms with E-state index < -0.39 is 0 Å². The van der Waals surface area contributed by atoms with E-state index >= 15 is 0 Å². The normalized spacial score (nSPS) is 10.5. The molecule has 0 aliphatic rings. The fourth-order valence-electron chi connectivity index (χ4n) is 2.01. The third-order valence-corrected chi connectivity index (χ3v) is 3.46. The molecule has 112 valence electrons. The summed E-state index contributed by atoms with van der Waals surface area (Å²) in [6, 6.07) is 10.3. The molecule has 0 heterocycles. The number of hydrogen-bond donors (Lipinski definition) is 1. The van der Waals surface area contributed by atoms with E-state index in [2.05, 4.69) is 5.32 Å². The predicted octanol–water partition coefficient (Wildman–Crippen LogP) is 2.76. The quantitative estimate of drug-likeness (QED) is 0.890. The smallest absolute Gasteiger partial charge is 0.161 e. The van der Waals surface area contributed by atoms with Gasteiger partial charge in [0.05, 0.1) is 19.2 Å². The van der Waals surface area contributed by atoms with Crippen molar-refractivity contribution in [1.29, 1.82) is 0 Å². The van der Waals surface area contributed by atoms with Crippen LogP contribution in [-0.2, 0) is 13.2 Å². The minimum Gasteiger partial charge on any atom is -0.493 e. The van der Waals surface area contributed by atoms with Crippen LogP contribution in [0, 0.1) is 5.82 Å². The van der Waals surface area contributed by atoms with Crippen LogP contribution in [0.2, 0.25) is 5.02 Å². The van der Waals surface area contributed by atoms with Crippen LogP contribution in [0.25, 0.3) is 0 Å². The molecule has 5 heteroatoms. The van der Waals surface area contributed by atoms with Crippen LogP contribution < -0.4 is 14.8 Å². The highest BCUT2D eigenvalue weighted by molar-refractivity contribution is 6.31. The zero-order valence-corrected chi connectivity index (χ0v) is 12.8. The number of nitrogens with two attached hydrogens (primary N) is 1. The number of quaternary nitrogens is 1. The molecule has 2 N–H and O–H groups in total. The summed E-state index contributed by atoms with van der Waals surface area (Å²) in [6.07, 6.45) is 0. The summed E-state index contributed by atoms with van der Waals surface area (Å²) in [5.41, 5.74) is 1.47. The Balaban J connectivity index is 2.16. The molecule has 2 aromatic rings. The Hall–Kier alpha value is -1.78. The topological polar surface area (TPSA) is 35.1 Å². The van der Waals surface area contributed by atoms with Crippen molar-refractivity contribution in [3.05, 3.63) is 58.4 Å². The third-order valence-electron chi connectivity index (χ3n) is 3.10. The Bertz CT molecular complexity index is 599. The molecule has 3 nitrogen and oxygen atoms in total. The summed E-state index contributed by atoms with van der Waals surface area (Å²) in [5.74, 6) is 0.817. The molecular formula is C16H18ClFNO2+. The Morgan fingerprint density at radius 3 is 2.67 bits per heavy atom. The molecule has 0 fully saturated rings. The van der Waals surface area contributed by atoms with E-state index in [1.54, 1.807) is 19.2 Å². The van der Waals surface area contributed by atoms with Gasteiger partial charge in [-0.15, -0.1) is 0 Å². The molecule has 0 saturated carbocycles. The largest absolute Gasteiger partial charge is 0.493 e. The van der Waals surface area contributed by atoms with Gasteiger partial charge in [-0.3, -0.25) is 0 Å². The standard InChI is InChI=1S/C16H17ClFNO2/c1-19-9-11-6-7-15(16(8-11)20-2)21-10-12-13(17)4-3-5-14(12)18/h3-8,19H,9-10H2,1-2H3/p+1. The highest BCUT2D eigenvalue weighted by Gasteiger charge is 2.11. The van der Waals surface area contributed by atoms with Crippen molar-refractivity contribution in [2.45, 2.75) is 13.2 Å². The predicted molar refractivity (Wildman–Crippen MR) is 80.3 cm³/mol. The lowest BCUT2D eigenvalue weighted by Crippen LogP contribution is -2.77. The number of ether oxygens (including phenoxy) is 2. The molecule has 0 radical (unpaired) electrons. The molecule has 0 saturated heterocycles. The number of hydrogen-bond acceptors (Lipinski definition) is 2. The highest BCUT2D eigenvalue weighted by atomic mass is 35.5. The van der Waals surface area contributed by atoms with E-state index in [0.29, 0.717) is 22.1 Å².